The molecule has 5 heteroatoms. The van der Waals surface area contributed by atoms with Crippen LogP contribution < -0.4 is 0 Å². The summed E-state index contributed by atoms with van der Waals surface area (Å²) in [4.78, 5) is 0.488. The predicted octanol–water partition coefficient (Wildman–Crippen LogP) is 2.21. The molecule has 76 valence electrons. The van der Waals surface area contributed by atoms with Gasteiger partial charge in [0.1, 0.15) is 4.90 Å². The van der Waals surface area contributed by atoms with Crippen LogP contribution in [0.3, 0.4) is 0 Å². The summed E-state index contributed by atoms with van der Waals surface area (Å²) in [5.74, 6) is 0.604. The van der Waals surface area contributed by atoms with E-state index in [1.807, 2.05) is 0 Å². The summed E-state index contributed by atoms with van der Waals surface area (Å²) in [7, 11) is -4.12. The molecule has 0 saturated heterocycles. The van der Waals surface area contributed by atoms with E-state index in [-0.39, 0.29) is 4.90 Å². The molecule has 1 aromatic carbocycles. The van der Waals surface area contributed by atoms with Crippen molar-refractivity contribution < 1.29 is 13.0 Å². The van der Waals surface area contributed by atoms with Crippen molar-refractivity contribution in [2.24, 2.45) is 0 Å². The third kappa shape index (κ3) is 2.87. The van der Waals surface area contributed by atoms with E-state index in [4.69, 9.17) is 4.55 Å². The second-order valence-corrected chi connectivity index (χ2v) is 4.97. The molecule has 1 rings (SSSR count). The molecule has 0 unspecified atom stereocenters. The average Bonchev–Trinajstić information content (AvgIpc) is 2.14. The van der Waals surface area contributed by atoms with Gasteiger partial charge in [-0.3, -0.25) is 4.55 Å². The van der Waals surface area contributed by atoms with Crippen LogP contribution in [0.25, 0.3) is 0 Å². The van der Waals surface area contributed by atoms with Gasteiger partial charge >= 0.3 is 0 Å². The van der Waals surface area contributed by atoms with Crippen LogP contribution in [0, 0.1) is 0 Å². The summed E-state index contributed by atoms with van der Waals surface area (Å²) in [5.41, 5.74) is 0. The second-order valence-electron chi connectivity index (χ2n) is 2.52. The number of rotatable bonds is 4. The monoisotopic (exact) mass is 230 g/mol. The summed E-state index contributed by atoms with van der Waals surface area (Å²) in [6.07, 6.45) is 1.67. The lowest BCUT2D eigenvalue weighted by molar-refractivity contribution is 0.481. The van der Waals surface area contributed by atoms with Crippen LogP contribution in [-0.4, -0.2) is 18.7 Å². The highest BCUT2D eigenvalue weighted by molar-refractivity contribution is 8.00. The maximum Gasteiger partial charge on any atom is 0.295 e. The molecule has 1 aromatic rings. The van der Waals surface area contributed by atoms with E-state index >= 15 is 0 Å². The largest absolute Gasteiger partial charge is 0.295 e. The Balaban J connectivity index is 3.10. The van der Waals surface area contributed by atoms with Crippen molar-refractivity contribution in [3.8, 4) is 0 Å². The van der Waals surface area contributed by atoms with Crippen LogP contribution in [0.5, 0.6) is 0 Å². The molecule has 0 aromatic heterocycles. The zero-order valence-electron chi connectivity index (χ0n) is 7.38. The zero-order valence-corrected chi connectivity index (χ0v) is 9.01. The summed E-state index contributed by atoms with van der Waals surface area (Å²) < 4.78 is 30.8. The van der Waals surface area contributed by atoms with Gasteiger partial charge in [0, 0.05) is 10.6 Å². The molecule has 0 amide bonds. The van der Waals surface area contributed by atoms with Gasteiger partial charge in [-0.25, -0.2) is 0 Å². The summed E-state index contributed by atoms with van der Waals surface area (Å²) in [6.45, 7) is 3.53. The molecule has 0 spiro atoms. The molecule has 0 radical (unpaired) electrons. The van der Waals surface area contributed by atoms with Crippen molar-refractivity contribution in [2.45, 2.75) is 9.79 Å². The lowest BCUT2D eigenvalue weighted by atomic mass is 10.4. The van der Waals surface area contributed by atoms with E-state index in [0.29, 0.717) is 10.6 Å². The normalized spacial score (nSPS) is 11.2. The van der Waals surface area contributed by atoms with Gasteiger partial charge in [-0.1, -0.05) is 18.2 Å². The quantitative estimate of drug-likeness (QED) is 0.489. The lowest BCUT2D eigenvalue weighted by Crippen LogP contribution is -1.99. The van der Waals surface area contributed by atoms with E-state index in [0.717, 1.165) is 0 Å². The van der Waals surface area contributed by atoms with Gasteiger partial charge in [-0.05, 0) is 12.1 Å². The van der Waals surface area contributed by atoms with Gasteiger partial charge in [0.05, 0.1) is 0 Å². The minimum Gasteiger partial charge on any atom is -0.282 e. The van der Waals surface area contributed by atoms with Crippen LogP contribution in [0.2, 0.25) is 0 Å². The number of hydrogen-bond acceptors (Lipinski definition) is 3. The lowest BCUT2D eigenvalue weighted by Gasteiger charge is -2.03. The number of thioether (sulfide) groups is 1. The van der Waals surface area contributed by atoms with Gasteiger partial charge in [0.25, 0.3) is 10.1 Å². The smallest absolute Gasteiger partial charge is 0.282 e. The molecular weight excluding hydrogens is 220 g/mol. The molecule has 1 N–H and O–H groups in total. The molecular formula is C9H10O3S2. The maximum atomic E-state index is 10.9. The summed E-state index contributed by atoms with van der Waals surface area (Å²) in [6, 6.07) is 6.32. The minimum atomic E-state index is -4.12. The molecule has 0 fully saturated rings. The molecule has 0 saturated carbocycles. The Bertz CT molecular complexity index is 423. The van der Waals surface area contributed by atoms with Crippen molar-refractivity contribution >= 4 is 21.9 Å². The first-order valence-corrected chi connectivity index (χ1v) is 6.28. The first-order chi connectivity index (χ1) is 6.55. The minimum absolute atomic E-state index is 0.0492. The molecule has 0 bridgehead atoms. The number of hydrogen-bond donors (Lipinski definition) is 1. The predicted molar refractivity (Wildman–Crippen MR) is 57.2 cm³/mol. The maximum absolute atomic E-state index is 10.9. The highest BCUT2D eigenvalue weighted by Gasteiger charge is 2.13. The van der Waals surface area contributed by atoms with Crippen molar-refractivity contribution in [1.82, 2.24) is 0 Å². The molecule has 0 aliphatic heterocycles. The Morgan fingerprint density at radius 2 is 2.07 bits per heavy atom. The van der Waals surface area contributed by atoms with Crippen LogP contribution in [0.4, 0.5) is 0 Å². The van der Waals surface area contributed by atoms with E-state index in [9.17, 15) is 8.42 Å². The number of benzene rings is 1. The van der Waals surface area contributed by atoms with Crippen molar-refractivity contribution in [2.75, 3.05) is 5.75 Å². The average molecular weight is 230 g/mol. The Labute approximate surface area is 87.6 Å². The first-order valence-electron chi connectivity index (χ1n) is 3.86. The Kier molecular flexibility index (Phi) is 3.74. The van der Waals surface area contributed by atoms with Gasteiger partial charge in [0.15, 0.2) is 0 Å². The summed E-state index contributed by atoms with van der Waals surface area (Å²) in [5, 5.41) is 0. The fourth-order valence-corrected chi connectivity index (χ4v) is 2.68. The van der Waals surface area contributed by atoms with Gasteiger partial charge in [0.2, 0.25) is 0 Å². The molecule has 0 aliphatic rings. The zero-order chi connectivity index (χ0) is 10.6. The Hall–Kier alpha value is -0.780. The molecule has 14 heavy (non-hydrogen) atoms. The molecule has 3 nitrogen and oxygen atoms in total. The highest BCUT2D eigenvalue weighted by Crippen LogP contribution is 2.25. The van der Waals surface area contributed by atoms with Gasteiger partial charge in [-0.2, -0.15) is 8.42 Å². The molecule has 0 atom stereocenters. The fourth-order valence-electron chi connectivity index (χ4n) is 0.931. The topological polar surface area (TPSA) is 54.4 Å². The second kappa shape index (κ2) is 4.63. The van der Waals surface area contributed by atoms with Crippen LogP contribution in [0.15, 0.2) is 46.7 Å². The van der Waals surface area contributed by atoms with Crippen LogP contribution in [-0.2, 0) is 10.1 Å². The van der Waals surface area contributed by atoms with Crippen molar-refractivity contribution in [3.63, 3.8) is 0 Å². The van der Waals surface area contributed by atoms with E-state index in [1.165, 1.54) is 17.8 Å². The summed E-state index contributed by atoms with van der Waals surface area (Å²) >= 11 is 1.32. The highest BCUT2D eigenvalue weighted by atomic mass is 32.2. The van der Waals surface area contributed by atoms with E-state index in [1.54, 1.807) is 24.3 Å². The standard InChI is InChI=1S/C9H10O3S2/c1-2-7-13-8-5-3-4-6-9(8)14(10,11)12/h2-6H,1,7H2,(H,10,11,12). The van der Waals surface area contributed by atoms with Crippen molar-refractivity contribution in [3.05, 3.63) is 36.9 Å². The third-order valence-electron chi connectivity index (χ3n) is 1.48. The van der Waals surface area contributed by atoms with Crippen molar-refractivity contribution in [1.29, 1.82) is 0 Å². The van der Waals surface area contributed by atoms with E-state index < -0.39 is 10.1 Å². The van der Waals surface area contributed by atoms with Gasteiger partial charge in [-0.15, -0.1) is 18.3 Å². The van der Waals surface area contributed by atoms with Crippen LogP contribution in [0.1, 0.15) is 0 Å². The molecule has 0 heterocycles. The van der Waals surface area contributed by atoms with Crippen LogP contribution >= 0.6 is 11.8 Å². The fraction of sp³-hybridized carbons (Fsp3) is 0.111. The molecule has 0 aliphatic carbocycles. The SMILES string of the molecule is C=CCSc1ccccc1S(=O)(=O)O. The Morgan fingerprint density at radius 1 is 1.43 bits per heavy atom. The first kappa shape index (κ1) is 11.3. The van der Waals surface area contributed by atoms with E-state index in [2.05, 4.69) is 6.58 Å². The Morgan fingerprint density at radius 3 is 2.64 bits per heavy atom. The third-order valence-corrected chi connectivity index (χ3v) is 3.59. The van der Waals surface area contributed by atoms with Gasteiger partial charge < -0.3 is 0 Å².